The highest BCUT2D eigenvalue weighted by Crippen LogP contribution is 2.29. The van der Waals surface area contributed by atoms with Crippen LogP contribution in [0.15, 0.2) is 24.3 Å². The Bertz CT molecular complexity index is 869. The zero-order valence-corrected chi connectivity index (χ0v) is 16.1. The summed E-state index contributed by atoms with van der Waals surface area (Å²) in [7, 11) is 3.57. The number of benzene rings is 1. The second-order valence-corrected chi connectivity index (χ2v) is 7.61. The van der Waals surface area contributed by atoms with Crippen molar-refractivity contribution in [1.82, 2.24) is 14.4 Å². The lowest BCUT2D eigenvalue weighted by Gasteiger charge is -2.31. The lowest BCUT2D eigenvalue weighted by molar-refractivity contribution is -0.138. The zero-order chi connectivity index (χ0) is 19.0. The lowest BCUT2D eigenvalue weighted by atomic mass is 9.84. The molecule has 27 heavy (non-hydrogen) atoms. The van der Waals surface area contributed by atoms with Crippen LogP contribution in [0.4, 0.5) is 0 Å². The summed E-state index contributed by atoms with van der Waals surface area (Å²) in [4.78, 5) is 29.5. The largest absolute Gasteiger partial charge is 0.497 e. The summed E-state index contributed by atoms with van der Waals surface area (Å²) in [6.07, 6.45) is 4.05. The van der Waals surface area contributed by atoms with Gasteiger partial charge in [-0.25, -0.2) is 0 Å². The van der Waals surface area contributed by atoms with E-state index in [4.69, 9.17) is 4.74 Å². The Balaban J connectivity index is 1.50. The van der Waals surface area contributed by atoms with Crippen molar-refractivity contribution in [2.24, 2.45) is 13.0 Å². The number of fused-ring (bicyclic) bond motifs is 1. The maximum absolute atomic E-state index is 13.1. The molecule has 0 N–H and O–H groups in total. The number of rotatable bonds is 3. The third-order valence-corrected chi connectivity index (χ3v) is 6.02. The summed E-state index contributed by atoms with van der Waals surface area (Å²) >= 11 is 0. The van der Waals surface area contributed by atoms with Gasteiger partial charge in [-0.2, -0.15) is 0 Å². The minimum Gasteiger partial charge on any atom is -0.497 e. The number of carbonyl (C=O) groups is 2. The topological polar surface area (TPSA) is 54.8 Å². The van der Waals surface area contributed by atoms with Crippen molar-refractivity contribution in [3.63, 3.8) is 0 Å². The highest BCUT2D eigenvalue weighted by Gasteiger charge is 2.31. The van der Waals surface area contributed by atoms with E-state index >= 15 is 0 Å². The van der Waals surface area contributed by atoms with Crippen LogP contribution in [0.1, 0.15) is 36.2 Å². The third-order valence-electron chi connectivity index (χ3n) is 6.02. The highest BCUT2D eigenvalue weighted by molar-refractivity contribution is 5.99. The summed E-state index contributed by atoms with van der Waals surface area (Å²) in [6.45, 7) is 2.69. The van der Waals surface area contributed by atoms with Crippen LogP contribution in [0.5, 0.6) is 5.75 Å². The molecule has 2 amide bonds. The van der Waals surface area contributed by atoms with Gasteiger partial charge in [0.2, 0.25) is 5.91 Å². The fourth-order valence-electron chi connectivity index (χ4n) is 4.08. The van der Waals surface area contributed by atoms with Gasteiger partial charge in [-0.05, 0) is 43.5 Å². The molecule has 0 unspecified atom stereocenters. The maximum atomic E-state index is 13.1. The van der Waals surface area contributed by atoms with E-state index < -0.39 is 0 Å². The van der Waals surface area contributed by atoms with Gasteiger partial charge in [-0.3, -0.25) is 9.59 Å². The molecular weight excluding hydrogens is 342 g/mol. The number of hydrogen-bond donors (Lipinski definition) is 0. The minimum atomic E-state index is 0.0330. The molecule has 6 heteroatoms. The van der Waals surface area contributed by atoms with Crippen molar-refractivity contribution in [3.05, 3.63) is 30.0 Å². The number of nitrogens with zero attached hydrogens (tertiary/aromatic N) is 3. The number of methoxy groups -OCH3 is 1. The van der Waals surface area contributed by atoms with Gasteiger partial charge in [0.05, 0.1) is 7.11 Å². The van der Waals surface area contributed by atoms with Crippen molar-refractivity contribution in [2.75, 3.05) is 33.3 Å². The van der Waals surface area contributed by atoms with Crippen molar-refractivity contribution in [1.29, 1.82) is 0 Å². The third kappa shape index (κ3) is 3.29. The molecule has 0 radical (unpaired) electrons. The second kappa shape index (κ2) is 7.25. The molecule has 1 saturated carbocycles. The van der Waals surface area contributed by atoms with Gasteiger partial charge in [0.15, 0.2) is 0 Å². The van der Waals surface area contributed by atoms with Gasteiger partial charge < -0.3 is 19.1 Å². The first-order valence-corrected chi connectivity index (χ1v) is 9.80. The van der Waals surface area contributed by atoms with Crippen molar-refractivity contribution < 1.29 is 14.3 Å². The number of aryl methyl sites for hydroxylation is 1. The molecule has 0 atom stereocenters. The second-order valence-electron chi connectivity index (χ2n) is 7.61. The normalized spacial score (nSPS) is 18.3. The van der Waals surface area contributed by atoms with Crippen molar-refractivity contribution in [2.45, 2.75) is 25.7 Å². The van der Waals surface area contributed by atoms with E-state index in [0.717, 1.165) is 42.5 Å². The molecule has 4 rings (SSSR count). The maximum Gasteiger partial charge on any atom is 0.270 e. The summed E-state index contributed by atoms with van der Waals surface area (Å²) in [5.74, 6) is 1.32. The number of aromatic nitrogens is 1. The standard InChI is InChI=1S/C21H27N3O3/c1-22-18-8-7-17(27-2)13-16(18)14-19(22)21(26)24-10-4-9-23(11-12-24)20(25)15-5-3-6-15/h7-8,13-15H,3-6,9-12H2,1-2H3. The monoisotopic (exact) mass is 369 g/mol. The van der Waals surface area contributed by atoms with E-state index in [0.29, 0.717) is 25.3 Å². The molecule has 144 valence electrons. The molecule has 2 fully saturated rings. The van der Waals surface area contributed by atoms with Crippen LogP contribution in [0.2, 0.25) is 0 Å². The Kier molecular flexibility index (Phi) is 4.81. The van der Waals surface area contributed by atoms with Crippen LogP contribution in [0, 0.1) is 5.92 Å². The molecule has 0 spiro atoms. The molecular formula is C21H27N3O3. The Morgan fingerprint density at radius 1 is 1.00 bits per heavy atom. The predicted octanol–water partition coefficient (Wildman–Crippen LogP) is 2.66. The van der Waals surface area contributed by atoms with E-state index in [9.17, 15) is 9.59 Å². The van der Waals surface area contributed by atoms with Crippen LogP contribution in [0.25, 0.3) is 10.9 Å². The summed E-state index contributed by atoms with van der Waals surface area (Å²) < 4.78 is 7.23. The van der Waals surface area contributed by atoms with Crippen LogP contribution in [-0.2, 0) is 11.8 Å². The lowest BCUT2D eigenvalue weighted by Crippen LogP contribution is -2.41. The number of carbonyl (C=O) groups excluding carboxylic acids is 2. The molecule has 2 aliphatic rings. The first kappa shape index (κ1) is 17.9. The van der Waals surface area contributed by atoms with Crippen LogP contribution in [0.3, 0.4) is 0 Å². The van der Waals surface area contributed by atoms with Crippen molar-refractivity contribution >= 4 is 22.7 Å². The van der Waals surface area contributed by atoms with E-state index in [1.807, 2.05) is 45.7 Å². The van der Waals surface area contributed by atoms with Gasteiger partial charge in [0, 0.05) is 50.0 Å². The zero-order valence-electron chi connectivity index (χ0n) is 16.1. The minimum absolute atomic E-state index is 0.0330. The van der Waals surface area contributed by atoms with Gasteiger partial charge in [0.25, 0.3) is 5.91 Å². The van der Waals surface area contributed by atoms with E-state index in [2.05, 4.69) is 0 Å². The van der Waals surface area contributed by atoms with E-state index in [-0.39, 0.29) is 17.7 Å². The number of amides is 2. The number of hydrogen-bond acceptors (Lipinski definition) is 3. The van der Waals surface area contributed by atoms with Crippen LogP contribution < -0.4 is 4.74 Å². The first-order valence-electron chi connectivity index (χ1n) is 9.80. The summed E-state index contributed by atoms with van der Waals surface area (Å²) in [5, 5.41) is 0.997. The summed E-state index contributed by atoms with van der Waals surface area (Å²) in [5.41, 5.74) is 1.69. The molecule has 1 aromatic carbocycles. The smallest absolute Gasteiger partial charge is 0.270 e. The Morgan fingerprint density at radius 3 is 2.44 bits per heavy atom. The van der Waals surface area contributed by atoms with Gasteiger partial charge in [-0.1, -0.05) is 6.42 Å². The Labute approximate surface area is 159 Å². The SMILES string of the molecule is COc1ccc2c(c1)cc(C(=O)N1CCCN(C(=O)C3CCC3)CC1)n2C. The van der Waals surface area contributed by atoms with Crippen LogP contribution >= 0.6 is 0 Å². The van der Waals surface area contributed by atoms with E-state index in [1.54, 1.807) is 7.11 Å². The van der Waals surface area contributed by atoms with Gasteiger partial charge >= 0.3 is 0 Å². The molecule has 2 heterocycles. The molecule has 6 nitrogen and oxygen atoms in total. The molecule has 1 aliphatic carbocycles. The fourth-order valence-corrected chi connectivity index (χ4v) is 4.08. The fraction of sp³-hybridized carbons (Fsp3) is 0.524. The average Bonchev–Trinajstić information content (AvgIpc) is 2.81. The predicted molar refractivity (Wildman–Crippen MR) is 104 cm³/mol. The highest BCUT2D eigenvalue weighted by atomic mass is 16.5. The number of ether oxygens (including phenoxy) is 1. The van der Waals surface area contributed by atoms with Gasteiger partial charge in [0.1, 0.15) is 11.4 Å². The molecule has 1 saturated heterocycles. The van der Waals surface area contributed by atoms with Gasteiger partial charge in [-0.15, -0.1) is 0 Å². The summed E-state index contributed by atoms with van der Waals surface area (Å²) in [6, 6.07) is 7.77. The molecule has 1 aromatic heterocycles. The molecule has 2 aromatic rings. The van der Waals surface area contributed by atoms with E-state index in [1.165, 1.54) is 6.42 Å². The van der Waals surface area contributed by atoms with Crippen LogP contribution in [-0.4, -0.2) is 59.5 Å². The Hall–Kier alpha value is -2.50. The quantitative estimate of drug-likeness (QED) is 0.836. The molecule has 0 bridgehead atoms. The molecule has 1 aliphatic heterocycles. The first-order chi connectivity index (χ1) is 13.1. The average molecular weight is 369 g/mol. The van der Waals surface area contributed by atoms with Crippen molar-refractivity contribution in [3.8, 4) is 5.75 Å². The Morgan fingerprint density at radius 2 is 1.74 bits per heavy atom.